The summed E-state index contributed by atoms with van der Waals surface area (Å²) in [4.78, 5) is 21.7. The molecule has 2 aromatic carbocycles. The van der Waals surface area contributed by atoms with Gasteiger partial charge in [0.15, 0.2) is 0 Å². The average Bonchev–Trinajstić information content (AvgIpc) is 2.63. The number of nitrogens with zero attached hydrogens (tertiary/aromatic N) is 1. The summed E-state index contributed by atoms with van der Waals surface area (Å²) >= 11 is 5.97. The topological polar surface area (TPSA) is 130 Å². The second-order valence-electron chi connectivity index (χ2n) is 5.45. The molecule has 3 N–H and O–H groups in total. The van der Waals surface area contributed by atoms with E-state index in [4.69, 9.17) is 11.6 Å². The lowest BCUT2D eigenvalue weighted by Crippen LogP contribution is -2.36. The molecule has 0 aliphatic heterocycles. The molecule has 0 saturated carbocycles. The Morgan fingerprint density at radius 3 is 2.59 bits per heavy atom. The molecular weight excluding hydrogens is 396 g/mol. The van der Waals surface area contributed by atoms with E-state index in [1.807, 2.05) is 0 Å². The first-order valence-corrected chi connectivity index (χ1v) is 9.61. The van der Waals surface area contributed by atoms with Gasteiger partial charge in [0.1, 0.15) is 0 Å². The molecule has 0 saturated heterocycles. The number of nitro groups is 1. The smallest absolute Gasteiger partial charge is 0.319 e. The molecule has 0 aromatic heterocycles. The number of nitrogens with one attached hydrogen (secondary N) is 3. The number of urea groups is 1. The Kier molecular flexibility index (Phi) is 6.72. The molecule has 0 spiro atoms. The standard InChI is InChI=1S/C16H17ClN4O5S/c1-11-14(17)6-3-7-15(11)20-16(22)18-8-9-19-27(25,26)13-5-2-4-12(10-13)21(23)24/h2-7,10,19H,8-9H2,1H3,(H2,18,20,22). The van der Waals surface area contributed by atoms with Gasteiger partial charge < -0.3 is 10.6 Å². The highest BCUT2D eigenvalue weighted by atomic mass is 35.5. The Balaban J connectivity index is 1.87. The Bertz CT molecular complexity index is 965. The van der Waals surface area contributed by atoms with E-state index in [1.54, 1.807) is 25.1 Å². The third kappa shape index (κ3) is 5.64. The first-order chi connectivity index (χ1) is 12.7. The van der Waals surface area contributed by atoms with Crippen LogP contribution in [0.2, 0.25) is 5.02 Å². The lowest BCUT2D eigenvalue weighted by Gasteiger charge is -2.11. The monoisotopic (exact) mass is 412 g/mol. The summed E-state index contributed by atoms with van der Waals surface area (Å²) in [6.45, 7) is 1.68. The van der Waals surface area contributed by atoms with Crippen molar-refractivity contribution in [3.8, 4) is 0 Å². The maximum absolute atomic E-state index is 12.1. The van der Waals surface area contributed by atoms with Crippen LogP contribution in [0.4, 0.5) is 16.2 Å². The average molecular weight is 413 g/mol. The Morgan fingerprint density at radius 2 is 1.89 bits per heavy atom. The van der Waals surface area contributed by atoms with E-state index in [0.717, 1.165) is 6.07 Å². The Morgan fingerprint density at radius 1 is 1.19 bits per heavy atom. The van der Waals surface area contributed by atoms with Crippen molar-refractivity contribution in [2.24, 2.45) is 0 Å². The summed E-state index contributed by atoms with van der Waals surface area (Å²) in [6.07, 6.45) is 0. The van der Waals surface area contributed by atoms with Crippen LogP contribution >= 0.6 is 11.6 Å². The van der Waals surface area contributed by atoms with Crippen LogP contribution in [0.3, 0.4) is 0 Å². The van der Waals surface area contributed by atoms with E-state index in [-0.39, 0.29) is 23.7 Å². The molecule has 27 heavy (non-hydrogen) atoms. The van der Waals surface area contributed by atoms with Crippen molar-refractivity contribution in [2.75, 3.05) is 18.4 Å². The van der Waals surface area contributed by atoms with Crippen LogP contribution in [0.1, 0.15) is 5.56 Å². The number of halogens is 1. The van der Waals surface area contributed by atoms with Crippen molar-refractivity contribution in [3.63, 3.8) is 0 Å². The molecule has 0 bridgehead atoms. The van der Waals surface area contributed by atoms with Gasteiger partial charge in [-0.15, -0.1) is 0 Å². The summed E-state index contributed by atoms with van der Waals surface area (Å²) < 4.78 is 26.6. The van der Waals surface area contributed by atoms with Gasteiger partial charge in [0.2, 0.25) is 10.0 Å². The number of rotatable bonds is 7. The van der Waals surface area contributed by atoms with Crippen molar-refractivity contribution in [2.45, 2.75) is 11.8 Å². The third-order valence-electron chi connectivity index (χ3n) is 3.56. The van der Waals surface area contributed by atoms with Crippen molar-refractivity contribution < 1.29 is 18.1 Å². The molecule has 144 valence electrons. The lowest BCUT2D eigenvalue weighted by molar-refractivity contribution is -0.385. The van der Waals surface area contributed by atoms with Crippen LogP contribution in [0.5, 0.6) is 0 Å². The van der Waals surface area contributed by atoms with E-state index in [1.165, 1.54) is 18.2 Å². The summed E-state index contributed by atoms with van der Waals surface area (Å²) in [5.74, 6) is 0. The molecular formula is C16H17ClN4O5S. The van der Waals surface area contributed by atoms with Gasteiger partial charge in [-0.25, -0.2) is 17.9 Å². The molecule has 0 heterocycles. The van der Waals surface area contributed by atoms with Gasteiger partial charge in [-0.1, -0.05) is 23.7 Å². The van der Waals surface area contributed by atoms with Crippen LogP contribution in [0, 0.1) is 17.0 Å². The third-order valence-corrected chi connectivity index (χ3v) is 5.43. The number of hydrogen-bond donors (Lipinski definition) is 3. The van der Waals surface area contributed by atoms with E-state index in [2.05, 4.69) is 15.4 Å². The van der Waals surface area contributed by atoms with E-state index < -0.39 is 21.0 Å². The van der Waals surface area contributed by atoms with Crippen LogP contribution in [-0.4, -0.2) is 32.5 Å². The van der Waals surface area contributed by atoms with E-state index >= 15 is 0 Å². The van der Waals surface area contributed by atoms with E-state index in [9.17, 15) is 23.3 Å². The van der Waals surface area contributed by atoms with Crippen molar-refractivity contribution in [1.82, 2.24) is 10.0 Å². The fourth-order valence-corrected chi connectivity index (χ4v) is 3.36. The quantitative estimate of drug-likeness (QED) is 0.365. The summed E-state index contributed by atoms with van der Waals surface area (Å²) in [5.41, 5.74) is 0.921. The van der Waals surface area contributed by atoms with Crippen LogP contribution < -0.4 is 15.4 Å². The van der Waals surface area contributed by atoms with Gasteiger partial charge >= 0.3 is 6.03 Å². The highest BCUT2D eigenvalue weighted by Crippen LogP contribution is 2.22. The minimum atomic E-state index is -3.93. The second-order valence-corrected chi connectivity index (χ2v) is 7.62. The van der Waals surface area contributed by atoms with Gasteiger partial charge in [0.25, 0.3) is 5.69 Å². The summed E-state index contributed by atoms with van der Waals surface area (Å²) in [6, 6.07) is 9.25. The number of nitro benzene ring substituents is 1. The van der Waals surface area contributed by atoms with Gasteiger partial charge in [0, 0.05) is 35.9 Å². The summed E-state index contributed by atoms with van der Waals surface area (Å²) in [5, 5.41) is 16.4. The number of amides is 2. The highest BCUT2D eigenvalue weighted by Gasteiger charge is 2.17. The van der Waals surface area contributed by atoms with Crippen molar-refractivity contribution in [1.29, 1.82) is 0 Å². The molecule has 2 aromatic rings. The Labute approximate surface area is 160 Å². The predicted octanol–water partition coefficient (Wildman–Crippen LogP) is 2.66. The number of sulfonamides is 1. The van der Waals surface area contributed by atoms with Crippen molar-refractivity contribution in [3.05, 3.63) is 63.2 Å². The zero-order valence-corrected chi connectivity index (χ0v) is 15.8. The Hall–Kier alpha value is -2.69. The molecule has 2 amide bonds. The molecule has 11 heteroatoms. The fraction of sp³-hybridized carbons (Fsp3) is 0.188. The first kappa shape index (κ1) is 20.6. The van der Waals surface area contributed by atoms with Crippen LogP contribution in [0.15, 0.2) is 47.4 Å². The molecule has 0 radical (unpaired) electrons. The van der Waals surface area contributed by atoms with Crippen LogP contribution in [-0.2, 0) is 10.0 Å². The van der Waals surface area contributed by atoms with Gasteiger partial charge in [0.05, 0.1) is 9.82 Å². The minimum Gasteiger partial charge on any atom is -0.337 e. The zero-order chi connectivity index (χ0) is 20.0. The maximum Gasteiger partial charge on any atom is 0.319 e. The SMILES string of the molecule is Cc1c(Cl)cccc1NC(=O)NCCNS(=O)(=O)c1cccc([N+](=O)[O-])c1. The molecule has 0 fully saturated rings. The molecule has 0 aliphatic rings. The fourth-order valence-electron chi connectivity index (χ4n) is 2.12. The number of carbonyl (C=O) groups excluding carboxylic acids is 1. The van der Waals surface area contributed by atoms with Crippen LogP contribution in [0.25, 0.3) is 0 Å². The minimum absolute atomic E-state index is 0.0135. The highest BCUT2D eigenvalue weighted by molar-refractivity contribution is 7.89. The number of anilines is 1. The maximum atomic E-state index is 12.1. The molecule has 0 unspecified atom stereocenters. The molecule has 2 rings (SSSR count). The first-order valence-electron chi connectivity index (χ1n) is 7.75. The number of non-ortho nitro benzene ring substituents is 1. The molecule has 0 aliphatic carbocycles. The van der Waals surface area contributed by atoms with Gasteiger partial charge in [-0.2, -0.15) is 0 Å². The largest absolute Gasteiger partial charge is 0.337 e. The molecule has 9 nitrogen and oxygen atoms in total. The van der Waals surface area contributed by atoms with E-state index in [0.29, 0.717) is 16.3 Å². The number of carbonyl (C=O) groups is 1. The van der Waals surface area contributed by atoms with Gasteiger partial charge in [-0.05, 0) is 30.7 Å². The normalized spacial score (nSPS) is 11.0. The zero-order valence-electron chi connectivity index (χ0n) is 14.2. The summed E-state index contributed by atoms with van der Waals surface area (Å²) in [7, 11) is -3.93. The predicted molar refractivity (Wildman–Crippen MR) is 101 cm³/mol. The molecule has 0 atom stereocenters. The number of benzene rings is 2. The lowest BCUT2D eigenvalue weighted by atomic mass is 10.2. The van der Waals surface area contributed by atoms with Crippen molar-refractivity contribution >= 4 is 39.0 Å². The number of hydrogen-bond acceptors (Lipinski definition) is 5. The second kappa shape index (κ2) is 8.80. The van der Waals surface area contributed by atoms with Gasteiger partial charge in [-0.3, -0.25) is 10.1 Å².